The number of rotatable bonds is 5. The molecular weight excluding hydrogens is 434 g/mol. The van der Waals surface area contributed by atoms with Gasteiger partial charge in [-0.2, -0.15) is 0 Å². The molecule has 8 heteroatoms. The summed E-state index contributed by atoms with van der Waals surface area (Å²) in [7, 11) is 1.54. The van der Waals surface area contributed by atoms with E-state index in [0.29, 0.717) is 33.9 Å². The fourth-order valence-electron chi connectivity index (χ4n) is 4.03. The highest BCUT2D eigenvalue weighted by atomic mass is 16.5. The lowest BCUT2D eigenvalue weighted by Gasteiger charge is -2.25. The van der Waals surface area contributed by atoms with Crippen molar-refractivity contribution in [3.8, 4) is 5.75 Å². The van der Waals surface area contributed by atoms with Crippen LogP contribution in [0.1, 0.15) is 29.8 Å². The summed E-state index contributed by atoms with van der Waals surface area (Å²) < 4.78 is 5.23. The molecule has 1 atom stereocenters. The maximum atomic E-state index is 13.3. The van der Waals surface area contributed by atoms with Crippen LogP contribution in [0.3, 0.4) is 0 Å². The van der Waals surface area contributed by atoms with Gasteiger partial charge in [-0.1, -0.05) is 12.1 Å². The summed E-state index contributed by atoms with van der Waals surface area (Å²) >= 11 is 0. The van der Waals surface area contributed by atoms with Gasteiger partial charge in [0.1, 0.15) is 17.6 Å². The zero-order valence-corrected chi connectivity index (χ0v) is 18.9. The second-order valence-corrected chi connectivity index (χ2v) is 7.84. The van der Waals surface area contributed by atoms with Crippen LogP contribution in [0.4, 0.5) is 11.4 Å². The maximum Gasteiger partial charge on any atom is 0.300 e. The third-order valence-electron chi connectivity index (χ3n) is 5.55. The number of aliphatic hydroxyl groups is 1. The fraction of sp³-hybridized carbons (Fsp3) is 0.154. The van der Waals surface area contributed by atoms with Gasteiger partial charge >= 0.3 is 0 Å². The second-order valence-electron chi connectivity index (χ2n) is 7.84. The number of amides is 2. The second kappa shape index (κ2) is 9.19. The van der Waals surface area contributed by atoms with E-state index in [4.69, 9.17) is 4.74 Å². The van der Waals surface area contributed by atoms with E-state index in [2.05, 4.69) is 10.3 Å². The van der Waals surface area contributed by atoms with Gasteiger partial charge in [0.2, 0.25) is 5.91 Å². The van der Waals surface area contributed by atoms with Crippen molar-refractivity contribution in [3.05, 3.63) is 89.3 Å². The van der Waals surface area contributed by atoms with Crippen molar-refractivity contribution in [2.24, 2.45) is 0 Å². The Bertz CT molecular complexity index is 1320. The Morgan fingerprint density at radius 2 is 1.88 bits per heavy atom. The number of ether oxygens (including phenoxy) is 1. The lowest BCUT2D eigenvalue weighted by molar-refractivity contribution is -0.132. The Balaban J connectivity index is 1.91. The smallest absolute Gasteiger partial charge is 0.300 e. The molecule has 2 N–H and O–H groups in total. The number of nitrogens with one attached hydrogen (secondary N) is 1. The van der Waals surface area contributed by atoms with Crippen LogP contribution in [-0.2, 0) is 14.4 Å². The molecular formula is C26H23N3O5. The Morgan fingerprint density at radius 1 is 1.09 bits per heavy atom. The minimum absolute atomic E-state index is 0.0677. The topological polar surface area (TPSA) is 109 Å². The predicted octanol–water partition coefficient (Wildman–Crippen LogP) is 3.98. The van der Waals surface area contributed by atoms with Crippen LogP contribution < -0.4 is 15.0 Å². The monoisotopic (exact) mass is 457 g/mol. The van der Waals surface area contributed by atoms with Crippen LogP contribution in [0.2, 0.25) is 0 Å². The van der Waals surface area contributed by atoms with E-state index >= 15 is 0 Å². The number of aliphatic hydroxyl groups excluding tert-OH is 1. The number of aromatic nitrogens is 1. The first-order valence-electron chi connectivity index (χ1n) is 10.6. The number of ketones is 1. The third-order valence-corrected chi connectivity index (χ3v) is 5.55. The van der Waals surface area contributed by atoms with Gasteiger partial charge in [0.15, 0.2) is 0 Å². The summed E-state index contributed by atoms with van der Waals surface area (Å²) in [5, 5.41) is 14.0. The maximum absolute atomic E-state index is 13.3. The molecule has 0 radical (unpaired) electrons. The molecule has 1 aromatic heterocycles. The Labute approximate surface area is 196 Å². The number of pyridine rings is 1. The van der Waals surface area contributed by atoms with E-state index < -0.39 is 17.7 Å². The van der Waals surface area contributed by atoms with E-state index in [9.17, 15) is 19.5 Å². The van der Waals surface area contributed by atoms with Gasteiger partial charge in [0, 0.05) is 30.1 Å². The van der Waals surface area contributed by atoms with Gasteiger partial charge in [0.25, 0.3) is 11.7 Å². The van der Waals surface area contributed by atoms with E-state index in [0.717, 1.165) is 0 Å². The van der Waals surface area contributed by atoms with Crippen LogP contribution in [0.5, 0.6) is 5.75 Å². The van der Waals surface area contributed by atoms with Crippen LogP contribution >= 0.6 is 0 Å². The molecule has 34 heavy (non-hydrogen) atoms. The van der Waals surface area contributed by atoms with Crippen molar-refractivity contribution < 1.29 is 24.2 Å². The molecule has 1 aliphatic rings. The van der Waals surface area contributed by atoms with E-state index in [1.807, 2.05) is 0 Å². The lowest BCUT2D eigenvalue weighted by atomic mass is 9.96. The third kappa shape index (κ3) is 4.13. The number of methoxy groups -OCH3 is 1. The van der Waals surface area contributed by atoms with Crippen LogP contribution in [0.15, 0.2) is 72.4 Å². The molecule has 1 aliphatic heterocycles. The molecule has 0 saturated carbocycles. The Morgan fingerprint density at radius 3 is 2.53 bits per heavy atom. The first-order chi connectivity index (χ1) is 16.3. The predicted molar refractivity (Wildman–Crippen MR) is 127 cm³/mol. The first-order valence-corrected chi connectivity index (χ1v) is 10.6. The van der Waals surface area contributed by atoms with Gasteiger partial charge < -0.3 is 15.2 Å². The standard InChI is InChI=1S/C26H23N3O5/c1-15-13-19(34-3)10-11-20(15)24(31)22-23(21-9-4-5-12-27-21)29(26(33)25(22)32)18-8-6-7-17(14-18)28-16(2)30/h4-14,23,31H,1-3H3,(H,28,30)/b24-22-. The van der Waals surface area contributed by atoms with Gasteiger partial charge in [-0.15, -0.1) is 0 Å². The van der Waals surface area contributed by atoms with Gasteiger partial charge in [0.05, 0.1) is 18.4 Å². The molecule has 2 amide bonds. The minimum Gasteiger partial charge on any atom is -0.507 e. The average Bonchev–Trinajstić information content (AvgIpc) is 3.09. The molecule has 4 rings (SSSR count). The van der Waals surface area contributed by atoms with Gasteiger partial charge in [-0.25, -0.2) is 0 Å². The van der Waals surface area contributed by atoms with Gasteiger partial charge in [-0.3, -0.25) is 24.3 Å². The summed E-state index contributed by atoms with van der Waals surface area (Å²) in [6.45, 7) is 3.16. The summed E-state index contributed by atoms with van der Waals surface area (Å²) in [5.74, 6) is -1.59. The zero-order chi connectivity index (χ0) is 24.4. The summed E-state index contributed by atoms with van der Waals surface area (Å²) in [5.41, 5.74) is 2.29. The number of benzene rings is 2. The van der Waals surface area contributed by atoms with Crippen molar-refractivity contribution in [3.63, 3.8) is 0 Å². The molecule has 8 nitrogen and oxygen atoms in total. The van der Waals surface area contributed by atoms with Crippen LogP contribution in [0, 0.1) is 6.92 Å². The fourth-order valence-corrected chi connectivity index (χ4v) is 4.03. The summed E-state index contributed by atoms with van der Waals surface area (Å²) in [6.07, 6.45) is 1.56. The number of hydrogen-bond acceptors (Lipinski definition) is 6. The summed E-state index contributed by atoms with van der Waals surface area (Å²) in [4.78, 5) is 43.7. The Kier molecular flexibility index (Phi) is 6.14. The van der Waals surface area contributed by atoms with E-state index in [-0.39, 0.29) is 17.2 Å². The number of aryl methyl sites for hydroxylation is 1. The summed E-state index contributed by atoms with van der Waals surface area (Å²) in [6, 6.07) is 15.8. The molecule has 0 spiro atoms. The number of anilines is 2. The van der Waals surface area contributed by atoms with E-state index in [1.165, 1.54) is 18.9 Å². The highest BCUT2D eigenvalue weighted by Gasteiger charge is 2.47. The molecule has 0 bridgehead atoms. The number of carbonyl (C=O) groups excluding carboxylic acids is 3. The first kappa shape index (κ1) is 22.7. The highest BCUT2D eigenvalue weighted by molar-refractivity contribution is 6.51. The highest BCUT2D eigenvalue weighted by Crippen LogP contribution is 2.42. The quantitative estimate of drug-likeness (QED) is 0.341. The normalized spacial score (nSPS) is 17.0. The largest absolute Gasteiger partial charge is 0.507 e. The van der Waals surface area contributed by atoms with E-state index in [1.54, 1.807) is 73.8 Å². The van der Waals surface area contributed by atoms with Crippen molar-refractivity contribution in [2.75, 3.05) is 17.3 Å². The molecule has 1 unspecified atom stereocenters. The van der Waals surface area contributed by atoms with Crippen molar-refractivity contribution in [2.45, 2.75) is 19.9 Å². The number of carbonyl (C=O) groups is 3. The van der Waals surface area contributed by atoms with Crippen LogP contribution in [0.25, 0.3) is 5.76 Å². The molecule has 1 fully saturated rings. The molecule has 1 saturated heterocycles. The molecule has 172 valence electrons. The average molecular weight is 457 g/mol. The number of Topliss-reactive ketones (excluding diaryl/α,β-unsaturated/α-hetero) is 1. The van der Waals surface area contributed by atoms with Crippen LogP contribution in [-0.4, -0.2) is 34.8 Å². The molecule has 2 heterocycles. The van der Waals surface area contributed by atoms with Crippen molar-refractivity contribution in [1.29, 1.82) is 0 Å². The van der Waals surface area contributed by atoms with Crippen molar-refractivity contribution >= 4 is 34.7 Å². The number of nitrogens with zero attached hydrogens (tertiary/aromatic N) is 2. The van der Waals surface area contributed by atoms with Crippen molar-refractivity contribution in [1.82, 2.24) is 4.98 Å². The molecule has 2 aromatic carbocycles. The zero-order valence-electron chi connectivity index (χ0n) is 18.9. The minimum atomic E-state index is -0.963. The molecule has 3 aromatic rings. The molecule has 0 aliphatic carbocycles. The SMILES string of the molecule is COc1ccc(/C(O)=C2/C(=O)C(=O)N(c3cccc(NC(C)=O)c3)C2c2ccccn2)c(C)c1. The van der Waals surface area contributed by atoms with Gasteiger partial charge in [-0.05, 0) is 61.0 Å². The number of hydrogen-bond donors (Lipinski definition) is 2. The Hall–Kier alpha value is -4.46. The lowest BCUT2D eigenvalue weighted by Crippen LogP contribution is -2.30.